The topological polar surface area (TPSA) is 105 Å². The number of carbonyl (C=O) groups excluding carboxylic acids is 2. The van der Waals surface area contributed by atoms with Gasteiger partial charge in [0, 0.05) is 49.7 Å². The van der Waals surface area contributed by atoms with E-state index in [2.05, 4.69) is 20.6 Å². The van der Waals surface area contributed by atoms with Gasteiger partial charge in [-0.05, 0) is 35.9 Å². The van der Waals surface area contributed by atoms with E-state index in [4.69, 9.17) is 14.2 Å². The third-order valence-electron chi connectivity index (χ3n) is 5.87. The summed E-state index contributed by atoms with van der Waals surface area (Å²) in [6.45, 7) is 4.11. The second-order valence-electron chi connectivity index (χ2n) is 8.33. The van der Waals surface area contributed by atoms with Crippen molar-refractivity contribution >= 4 is 34.5 Å². The van der Waals surface area contributed by atoms with Crippen LogP contribution in [-0.2, 0) is 11.3 Å². The zero-order valence-electron chi connectivity index (χ0n) is 20.6. The van der Waals surface area contributed by atoms with E-state index in [0.29, 0.717) is 41.6 Å². The van der Waals surface area contributed by atoms with E-state index < -0.39 is 13.0 Å². The minimum Gasteiger partial charge on any atom is -0.493 e. The molecule has 0 radical (unpaired) electrons. The van der Waals surface area contributed by atoms with E-state index in [9.17, 15) is 14.0 Å². The second-order valence-corrected chi connectivity index (χ2v) is 9.25. The molecule has 2 aromatic rings. The molecule has 0 spiro atoms. The number of alkyl halides is 1. The highest BCUT2D eigenvalue weighted by molar-refractivity contribution is 8.14. The number of halogens is 1. The highest BCUT2D eigenvalue weighted by atomic mass is 32.2. The molecule has 0 saturated carbocycles. The summed E-state index contributed by atoms with van der Waals surface area (Å²) in [5.74, 6) is 1.07. The summed E-state index contributed by atoms with van der Waals surface area (Å²) in [6, 6.07) is 12.3. The number of methoxy groups -OCH3 is 1. The van der Waals surface area contributed by atoms with Gasteiger partial charge in [-0.3, -0.25) is 15.0 Å². The van der Waals surface area contributed by atoms with Crippen molar-refractivity contribution in [3.05, 3.63) is 53.6 Å². The zero-order chi connectivity index (χ0) is 26.0. The van der Waals surface area contributed by atoms with Crippen LogP contribution in [0.5, 0.6) is 11.5 Å². The van der Waals surface area contributed by atoms with Gasteiger partial charge in [-0.25, -0.2) is 14.2 Å². The third-order valence-corrected chi connectivity index (χ3v) is 6.75. The first kappa shape index (κ1) is 26.7. The molecule has 0 aromatic heterocycles. The summed E-state index contributed by atoms with van der Waals surface area (Å²) in [6.07, 6.45) is -0.504. The number of benzene rings is 2. The van der Waals surface area contributed by atoms with Crippen LogP contribution in [0.1, 0.15) is 11.1 Å². The number of ether oxygens (including phenoxy) is 3. The molecule has 37 heavy (non-hydrogen) atoms. The van der Waals surface area contributed by atoms with Crippen LogP contribution in [-0.4, -0.2) is 86.0 Å². The van der Waals surface area contributed by atoms with E-state index in [1.165, 1.54) is 12.1 Å². The molecule has 2 N–H and O–H groups in total. The summed E-state index contributed by atoms with van der Waals surface area (Å²) in [7, 11) is 1.48. The van der Waals surface area contributed by atoms with Crippen LogP contribution in [0.2, 0.25) is 0 Å². The van der Waals surface area contributed by atoms with Crippen LogP contribution in [0.3, 0.4) is 0 Å². The number of piperazine rings is 1. The third kappa shape index (κ3) is 7.57. The quantitative estimate of drug-likeness (QED) is 0.480. The van der Waals surface area contributed by atoms with Gasteiger partial charge < -0.3 is 19.5 Å². The molecule has 12 heteroatoms. The summed E-state index contributed by atoms with van der Waals surface area (Å²) < 4.78 is 28.2. The minimum atomic E-state index is -0.981. The lowest BCUT2D eigenvalue weighted by atomic mass is 10.1. The maximum absolute atomic E-state index is 12.7. The van der Waals surface area contributed by atoms with E-state index in [-0.39, 0.29) is 17.5 Å². The number of hydrazone groups is 1. The molecule has 0 bridgehead atoms. The van der Waals surface area contributed by atoms with Crippen molar-refractivity contribution in [2.75, 3.05) is 64.4 Å². The van der Waals surface area contributed by atoms with Gasteiger partial charge in [-0.1, -0.05) is 23.9 Å². The Morgan fingerprint density at radius 1 is 1.16 bits per heavy atom. The highest BCUT2D eigenvalue weighted by Crippen LogP contribution is 2.30. The summed E-state index contributed by atoms with van der Waals surface area (Å²) in [4.78, 5) is 26.8. The summed E-state index contributed by atoms with van der Waals surface area (Å²) in [5.41, 5.74) is 2.81. The number of hydrogen-bond donors (Lipinski definition) is 2. The largest absolute Gasteiger partial charge is 0.493 e. The molecule has 0 atom stereocenters. The molecule has 0 aliphatic carbocycles. The molecule has 2 aromatic carbocycles. The number of anilines is 1. The number of nitrogens with zero attached hydrogens (tertiary/aromatic N) is 3. The van der Waals surface area contributed by atoms with Gasteiger partial charge in [0.15, 0.2) is 11.5 Å². The fourth-order valence-electron chi connectivity index (χ4n) is 3.91. The van der Waals surface area contributed by atoms with Crippen LogP contribution in [0.15, 0.2) is 47.6 Å². The normalized spacial score (nSPS) is 16.2. The van der Waals surface area contributed by atoms with Gasteiger partial charge in [-0.15, -0.1) is 0 Å². The fourth-order valence-corrected chi connectivity index (χ4v) is 4.65. The Bertz CT molecular complexity index is 1110. The molecular weight excluding hydrogens is 501 g/mol. The van der Waals surface area contributed by atoms with Gasteiger partial charge in [0.05, 0.1) is 19.4 Å². The van der Waals surface area contributed by atoms with Gasteiger partial charge >= 0.3 is 11.3 Å². The van der Waals surface area contributed by atoms with Crippen molar-refractivity contribution < 1.29 is 28.2 Å². The van der Waals surface area contributed by atoms with Crippen LogP contribution in [0.4, 0.5) is 19.7 Å². The Morgan fingerprint density at radius 2 is 1.95 bits per heavy atom. The number of nitrogens with one attached hydrogen (secondary N) is 2. The van der Waals surface area contributed by atoms with E-state index in [0.717, 1.165) is 43.5 Å². The lowest BCUT2D eigenvalue weighted by molar-refractivity contribution is 0.134. The number of hydrogen-bond acceptors (Lipinski definition) is 9. The average Bonchev–Trinajstić information content (AvgIpc) is 2.92. The number of amides is 2. The molecule has 10 nitrogen and oxygen atoms in total. The molecule has 1 saturated heterocycles. The standard InChI is InChI=1S/C25H30FN5O5S/c1-34-22-7-4-19(14-23(22)36-17-26)21-16-37-25(33)31(29-21)15-18-2-5-20(6-3-18)28-24(32)35-13-12-30-10-8-27-9-11-30/h2-7,14,27H,8-13,15-17H2,1H3,(H,28,32). The van der Waals surface area contributed by atoms with E-state index >= 15 is 0 Å². The molecule has 2 aliphatic heterocycles. The molecule has 4 rings (SSSR count). The second kappa shape index (κ2) is 13.3. The van der Waals surface area contributed by atoms with Gasteiger partial charge in [-0.2, -0.15) is 5.10 Å². The minimum absolute atomic E-state index is 0.173. The van der Waals surface area contributed by atoms with Crippen molar-refractivity contribution in [3.63, 3.8) is 0 Å². The monoisotopic (exact) mass is 531 g/mol. The van der Waals surface area contributed by atoms with Crippen molar-refractivity contribution in [1.82, 2.24) is 15.2 Å². The molecule has 2 aliphatic rings. The Balaban J connectivity index is 1.32. The van der Waals surface area contributed by atoms with Crippen molar-refractivity contribution in [3.8, 4) is 11.5 Å². The predicted molar refractivity (Wildman–Crippen MR) is 140 cm³/mol. The Kier molecular flexibility index (Phi) is 9.58. The molecular formula is C25H30FN5O5S. The predicted octanol–water partition coefficient (Wildman–Crippen LogP) is 3.53. The van der Waals surface area contributed by atoms with Crippen LogP contribution in [0.25, 0.3) is 0 Å². The van der Waals surface area contributed by atoms with Gasteiger partial charge in [0.1, 0.15) is 6.61 Å². The number of carbonyl (C=O) groups is 2. The van der Waals surface area contributed by atoms with Gasteiger partial charge in [0.2, 0.25) is 6.86 Å². The Hall–Kier alpha value is -3.35. The first-order valence-electron chi connectivity index (χ1n) is 11.9. The molecule has 2 amide bonds. The van der Waals surface area contributed by atoms with Crippen molar-refractivity contribution in [2.24, 2.45) is 5.10 Å². The molecule has 2 heterocycles. The van der Waals surface area contributed by atoms with E-state index in [1.807, 2.05) is 12.1 Å². The first-order chi connectivity index (χ1) is 18.1. The maximum atomic E-state index is 12.7. The Morgan fingerprint density at radius 3 is 2.68 bits per heavy atom. The van der Waals surface area contributed by atoms with Crippen LogP contribution in [0, 0.1) is 0 Å². The lowest BCUT2D eigenvalue weighted by Crippen LogP contribution is -2.44. The van der Waals surface area contributed by atoms with Crippen LogP contribution >= 0.6 is 11.8 Å². The average molecular weight is 532 g/mol. The van der Waals surface area contributed by atoms with Crippen molar-refractivity contribution in [2.45, 2.75) is 6.54 Å². The van der Waals surface area contributed by atoms with Crippen molar-refractivity contribution in [1.29, 1.82) is 0 Å². The number of rotatable bonds is 10. The van der Waals surface area contributed by atoms with Gasteiger partial charge in [0.25, 0.3) is 0 Å². The number of thioether (sulfide) groups is 1. The smallest absolute Gasteiger partial charge is 0.411 e. The van der Waals surface area contributed by atoms with Crippen LogP contribution < -0.4 is 20.1 Å². The summed E-state index contributed by atoms with van der Waals surface area (Å²) in [5, 5.41) is 11.7. The molecule has 198 valence electrons. The SMILES string of the molecule is COc1ccc(C2=NN(Cc3ccc(NC(=O)OCCN4CCNCC4)cc3)C(=O)SC2)cc1OCF. The lowest BCUT2D eigenvalue weighted by Gasteiger charge is -2.26. The first-order valence-corrected chi connectivity index (χ1v) is 12.9. The zero-order valence-corrected chi connectivity index (χ0v) is 21.4. The highest BCUT2D eigenvalue weighted by Gasteiger charge is 2.23. The fraction of sp³-hybridized carbons (Fsp3) is 0.400. The molecule has 0 unspecified atom stereocenters. The Labute approximate surface area is 219 Å². The maximum Gasteiger partial charge on any atom is 0.411 e. The molecule has 1 fully saturated rings. The summed E-state index contributed by atoms with van der Waals surface area (Å²) >= 11 is 1.14. The van der Waals surface area contributed by atoms with E-state index in [1.54, 1.807) is 30.3 Å².